The molecule has 1 atom stereocenters. The summed E-state index contributed by atoms with van der Waals surface area (Å²) in [5, 5.41) is 0. The molecule has 0 amide bonds. The van der Waals surface area contributed by atoms with Crippen LogP contribution < -0.4 is 0 Å². The van der Waals surface area contributed by atoms with Gasteiger partial charge in [0.15, 0.2) is 0 Å². The normalized spacial score (nSPS) is 19.1. The van der Waals surface area contributed by atoms with Crippen LogP contribution in [-0.4, -0.2) is 18.5 Å². The van der Waals surface area contributed by atoms with E-state index < -0.39 is 0 Å². The lowest BCUT2D eigenvalue weighted by Gasteiger charge is -2.30. The van der Waals surface area contributed by atoms with Crippen molar-refractivity contribution in [3.63, 3.8) is 0 Å². The van der Waals surface area contributed by atoms with Crippen LogP contribution in [0.5, 0.6) is 0 Å². The summed E-state index contributed by atoms with van der Waals surface area (Å²) >= 11 is 5.54. The van der Waals surface area contributed by atoms with Gasteiger partial charge in [-0.3, -0.25) is 0 Å². The zero-order valence-electron chi connectivity index (χ0n) is 12.0. The molecular formula is C17H20BrNS. The Hall–Kier alpha value is -0.640. The highest BCUT2D eigenvalue weighted by atomic mass is 79.9. The fraction of sp³-hybridized carbons (Fsp3) is 0.412. The third-order valence-electron chi connectivity index (χ3n) is 3.94. The monoisotopic (exact) mass is 349 g/mol. The highest BCUT2D eigenvalue weighted by molar-refractivity contribution is 9.10. The van der Waals surface area contributed by atoms with E-state index in [1.165, 1.54) is 18.4 Å². The molecule has 2 heterocycles. The molecule has 1 aromatic carbocycles. The van der Waals surface area contributed by atoms with Crippen LogP contribution in [0.4, 0.5) is 0 Å². The van der Waals surface area contributed by atoms with Crippen LogP contribution in [0, 0.1) is 0 Å². The maximum atomic E-state index is 3.53. The van der Waals surface area contributed by atoms with E-state index in [0.29, 0.717) is 5.92 Å². The van der Waals surface area contributed by atoms with E-state index in [9.17, 15) is 0 Å². The molecule has 0 spiro atoms. The average Bonchev–Trinajstić information content (AvgIpc) is 2.81. The predicted octanol–water partition coefficient (Wildman–Crippen LogP) is 5.04. The van der Waals surface area contributed by atoms with Crippen LogP contribution in [-0.2, 0) is 13.0 Å². The van der Waals surface area contributed by atoms with Crippen molar-refractivity contribution in [1.29, 1.82) is 0 Å². The number of likely N-dealkylation sites (N-methyl/N-ethyl adjacent to an activating group) is 1. The van der Waals surface area contributed by atoms with Crippen molar-refractivity contribution < 1.29 is 0 Å². The molecule has 1 aliphatic rings. The zero-order chi connectivity index (χ0) is 14.1. The van der Waals surface area contributed by atoms with Crippen molar-refractivity contribution >= 4 is 27.3 Å². The predicted molar refractivity (Wildman–Crippen MR) is 90.6 cm³/mol. The van der Waals surface area contributed by atoms with Gasteiger partial charge in [0.1, 0.15) is 0 Å². The summed E-state index contributed by atoms with van der Waals surface area (Å²) in [5.74, 6) is 0.527. The van der Waals surface area contributed by atoms with Gasteiger partial charge in [0.25, 0.3) is 0 Å². The quantitative estimate of drug-likeness (QED) is 0.750. The van der Waals surface area contributed by atoms with E-state index in [2.05, 4.69) is 65.1 Å². The fourth-order valence-corrected chi connectivity index (χ4v) is 4.67. The molecule has 0 saturated carbocycles. The average molecular weight is 350 g/mol. The Morgan fingerprint density at radius 3 is 2.75 bits per heavy atom. The summed E-state index contributed by atoms with van der Waals surface area (Å²) in [6.07, 6.45) is 2.45. The number of aryl methyl sites for hydroxylation is 1. The van der Waals surface area contributed by atoms with Crippen LogP contribution >= 0.6 is 27.3 Å². The van der Waals surface area contributed by atoms with E-state index in [1.54, 1.807) is 15.3 Å². The molecule has 1 aliphatic heterocycles. The van der Waals surface area contributed by atoms with Gasteiger partial charge in [-0.25, -0.2) is 0 Å². The zero-order valence-corrected chi connectivity index (χ0v) is 14.4. The Morgan fingerprint density at radius 1 is 1.30 bits per heavy atom. The van der Waals surface area contributed by atoms with Gasteiger partial charge >= 0.3 is 0 Å². The Bertz CT molecular complexity index is 588. The number of nitrogens with zero attached hydrogens (tertiary/aromatic N) is 1. The summed E-state index contributed by atoms with van der Waals surface area (Å²) in [7, 11) is 2.23. The number of halogens is 1. The fourth-order valence-electron chi connectivity index (χ4n) is 2.99. The first-order valence-corrected chi connectivity index (χ1v) is 8.83. The summed E-state index contributed by atoms with van der Waals surface area (Å²) in [5.41, 5.74) is 3.00. The van der Waals surface area contributed by atoms with Gasteiger partial charge < -0.3 is 4.90 Å². The molecule has 2 aromatic rings. The van der Waals surface area contributed by atoms with Crippen LogP contribution in [0.25, 0.3) is 0 Å². The smallest absolute Gasteiger partial charge is 0.0328 e. The lowest BCUT2D eigenvalue weighted by atomic mass is 9.88. The Morgan fingerprint density at radius 2 is 2.05 bits per heavy atom. The third-order valence-corrected chi connectivity index (χ3v) is 5.67. The van der Waals surface area contributed by atoms with Gasteiger partial charge in [-0.15, -0.1) is 11.3 Å². The first-order valence-electron chi connectivity index (χ1n) is 7.23. The maximum Gasteiger partial charge on any atom is 0.0328 e. The minimum absolute atomic E-state index is 0.527. The largest absolute Gasteiger partial charge is 0.300 e. The molecule has 1 aromatic heterocycles. The first kappa shape index (κ1) is 14.3. The number of rotatable bonds is 3. The van der Waals surface area contributed by atoms with Gasteiger partial charge in [0, 0.05) is 33.2 Å². The second-order valence-corrected chi connectivity index (χ2v) is 7.78. The van der Waals surface area contributed by atoms with Gasteiger partial charge in [0.05, 0.1) is 0 Å². The Balaban J connectivity index is 1.98. The van der Waals surface area contributed by atoms with Crippen LogP contribution in [0.3, 0.4) is 0 Å². The van der Waals surface area contributed by atoms with Crippen molar-refractivity contribution in [3.05, 3.63) is 55.7 Å². The van der Waals surface area contributed by atoms with Gasteiger partial charge in [-0.1, -0.05) is 41.4 Å². The Labute approximate surface area is 133 Å². The molecule has 20 heavy (non-hydrogen) atoms. The molecule has 0 aliphatic carbocycles. The van der Waals surface area contributed by atoms with Crippen LogP contribution in [0.15, 0.2) is 34.8 Å². The van der Waals surface area contributed by atoms with Gasteiger partial charge in [0.2, 0.25) is 0 Å². The summed E-state index contributed by atoms with van der Waals surface area (Å²) in [4.78, 5) is 5.56. The van der Waals surface area contributed by atoms with E-state index >= 15 is 0 Å². The third kappa shape index (κ3) is 2.85. The molecule has 0 fully saturated rings. The lowest BCUT2D eigenvalue weighted by molar-refractivity contribution is 0.299. The highest BCUT2D eigenvalue weighted by Crippen LogP contribution is 2.38. The molecule has 106 valence electrons. The summed E-state index contributed by atoms with van der Waals surface area (Å²) in [6.45, 7) is 4.49. The van der Waals surface area contributed by atoms with Crippen molar-refractivity contribution in [2.75, 3.05) is 13.6 Å². The summed E-state index contributed by atoms with van der Waals surface area (Å²) < 4.78 is 1.16. The SMILES string of the molecule is CCCc1cc2c(s1)CN(C)CC2c1ccc(Br)cc1. The second kappa shape index (κ2) is 6.00. The van der Waals surface area contributed by atoms with Crippen molar-refractivity contribution in [2.24, 2.45) is 0 Å². The molecule has 1 nitrogen and oxygen atoms in total. The minimum atomic E-state index is 0.527. The molecule has 0 N–H and O–H groups in total. The number of hydrogen-bond donors (Lipinski definition) is 0. The maximum absolute atomic E-state index is 3.53. The number of hydrogen-bond acceptors (Lipinski definition) is 2. The van der Waals surface area contributed by atoms with E-state index in [0.717, 1.165) is 17.6 Å². The number of fused-ring (bicyclic) bond motifs is 1. The number of thiophene rings is 1. The van der Waals surface area contributed by atoms with Crippen LogP contribution in [0.1, 0.15) is 40.1 Å². The molecule has 0 saturated heterocycles. The first-order chi connectivity index (χ1) is 9.67. The molecule has 1 unspecified atom stereocenters. The molecule has 3 rings (SSSR count). The highest BCUT2D eigenvalue weighted by Gasteiger charge is 2.26. The van der Waals surface area contributed by atoms with Crippen LogP contribution in [0.2, 0.25) is 0 Å². The standard InChI is InChI=1S/C17H20BrNS/c1-3-4-14-9-15-16(10-19(2)11-17(15)20-14)12-5-7-13(18)8-6-12/h5-9,16H,3-4,10-11H2,1-2H3. The molecular weight excluding hydrogens is 330 g/mol. The molecule has 0 radical (unpaired) electrons. The van der Waals surface area contributed by atoms with Gasteiger partial charge in [-0.05, 0) is 42.8 Å². The summed E-state index contributed by atoms with van der Waals surface area (Å²) in [6, 6.07) is 11.3. The molecule has 0 bridgehead atoms. The van der Waals surface area contributed by atoms with E-state index in [4.69, 9.17) is 0 Å². The Kier molecular flexibility index (Phi) is 4.29. The van der Waals surface area contributed by atoms with E-state index in [-0.39, 0.29) is 0 Å². The van der Waals surface area contributed by atoms with Crippen molar-refractivity contribution in [1.82, 2.24) is 4.90 Å². The van der Waals surface area contributed by atoms with Gasteiger partial charge in [-0.2, -0.15) is 0 Å². The minimum Gasteiger partial charge on any atom is -0.300 e. The van der Waals surface area contributed by atoms with E-state index in [1.807, 2.05) is 11.3 Å². The topological polar surface area (TPSA) is 3.24 Å². The van der Waals surface area contributed by atoms with Crippen molar-refractivity contribution in [3.8, 4) is 0 Å². The van der Waals surface area contributed by atoms with Crippen molar-refractivity contribution in [2.45, 2.75) is 32.2 Å². The number of benzene rings is 1. The molecule has 3 heteroatoms. The lowest BCUT2D eigenvalue weighted by Crippen LogP contribution is -2.29. The second-order valence-electron chi connectivity index (χ2n) is 5.64.